The number of amides is 2. The topological polar surface area (TPSA) is 54.3 Å². The van der Waals surface area contributed by atoms with Crippen molar-refractivity contribution in [3.05, 3.63) is 52.0 Å². The number of anilines is 1. The Morgan fingerprint density at radius 2 is 2.00 bits per heavy atom. The first kappa shape index (κ1) is 12.9. The summed E-state index contributed by atoms with van der Waals surface area (Å²) in [6.45, 7) is 1.87. The van der Waals surface area contributed by atoms with E-state index in [1.807, 2.05) is 37.3 Å². The van der Waals surface area contributed by atoms with E-state index in [0.717, 1.165) is 15.0 Å². The molecule has 18 heavy (non-hydrogen) atoms. The molecule has 0 unspecified atom stereocenters. The number of carbonyl (C=O) groups excluding carboxylic acids is 1. The molecule has 0 spiro atoms. The van der Waals surface area contributed by atoms with Crippen LogP contribution in [-0.4, -0.2) is 6.03 Å². The highest BCUT2D eigenvalue weighted by molar-refractivity contribution is 14.1. The van der Waals surface area contributed by atoms with Gasteiger partial charge in [-0.1, -0.05) is 0 Å². The highest BCUT2D eigenvalue weighted by atomic mass is 127. The van der Waals surface area contributed by atoms with Crippen molar-refractivity contribution in [3.8, 4) is 0 Å². The molecule has 2 aromatic rings. The van der Waals surface area contributed by atoms with Gasteiger partial charge in [-0.15, -0.1) is 0 Å². The maximum Gasteiger partial charge on any atom is 0.319 e. The second kappa shape index (κ2) is 5.90. The fourth-order valence-corrected chi connectivity index (χ4v) is 1.87. The van der Waals surface area contributed by atoms with Gasteiger partial charge in [0.05, 0.1) is 12.3 Å². The van der Waals surface area contributed by atoms with Crippen molar-refractivity contribution in [2.24, 2.45) is 0 Å². The fraction of sp³-hybridized carbons (Fsp3) is 0.154. The SMILES string of the molecule is C[C@@H](NC(=O)Nc1ccc(I)cc1)c1ccco1. The summed E-state index contributed by atoms with van der Waals surface area (Å²) in [4.78, 5) is 11.7. The molecule has 1 aromatic heterocycles. The molecule has 0 saturated heterocycles. The Labute approximate surface area is 119 Å². The van der Waals surface area contributed by atoms with Gasteiger partial charge in [-0.3, -0.25) is 0 Å². The molecule has 0 aliphatic carbocycles. The van der Waals surface area contributed by atoms with Gasteiger partial charge in [0.2, 0.25) is 0 Å². The predicted octanol–water partition coefficient (Wildman–Crippen LogP) is 3.77. The maximum atomic E-state index is 11.7. The largest absolute Gasteiger partial charge is 0.467 e. The first-order chi connectivity index (χ1) is 8.65. The van der Waals surface area contributed by atoms with Crippen LogP contribution in [0.25, 0.3) is 0 Å². The number of rotatable bonds is 3. The molecule has 1 aromatic carbocycles. The molecule has 0 bridgehead atoms. The van der Waals surface area contributed by atoms with Gasteiger partial charge in [0.25, 0.3) is 0 Å². The number of benzene rings is 1. The number of hydrogen-bond acceptors (Lipinski definition) is 2. The molecule has 5 heteroatoms. The lowest BCUT2D eigenvalue weighted by atomic mass is 10.2. The molecule has 2 N–H and O–H groups in total. The molecule has 2 amide bonds. The van der Waals surface area contributed by atoms with Gasteiger partial charge in [0.15, 0.2) is 0 Å². The summed E-state index contributed by atoms with van der Waals surface area (Å²) >= 11 is 2.22. The fourth-order valence-electron chi connectivity index (χ4n) is 1.51. The zero-order valence-corrected chi connectivity index (χ0v) is 12.0. The van der Waals surface area contributed by atoms with Gasteiger partial charge in [-0.25, -0.2) is 4.79 Å². The first-order valence-corrected chi connectivity index (χ1v) is 6.59. The van der Waals surface area contributed by atoms with Crippen LogP contribution >= 0.6 is 22.6 Å². The van der Waals surface area contributed by atoms with Crippen LogP contribution in [0.5, 0.6) is 0 Å². The zero-order valence-electron chi connectivity index (χ0n) is 9.81. The second-order valence-corrected chi connectivity index (χ2v) is 5.09. The molecule has 0 radical (unpaired) electrons. The minimum atomic E-state index is -0.250. The number of carbonyl (C=O) groups is 1. The normalized spacial score (nSPS) is 11.9. The highest BCUT2D eigenvalue weighted by Crippen LogP contribution is 2.14. The third-order valence-corrected chi connectivity index (χ3v) is 3.14. The number of furan rings is 1. The number of urea groups is 1. The van der Waals surface area contributed by atoms with Gasteiger partial charge in [-0.2, -0.15) is 0 Å². The molecule has 0 aliphatic rings. The number of halogens is 1. The summed E-state index contributed by atoms with van der Waals surface area (Å²) in [5.41, 5.74) is 0.763. The minimum Gasteiger partial charge on any atom is -0.467 e. The summed E-state index contributed by atoms with van der Waals surface area (Å²) in [5.74, 6) is 0.729. The third-order valence-electron chi connectivity index (χ3n) is 2.42. The van der Waals surface area contributed by atoms with E-state index < -0.39 is 0 Å². The van der Waals surface area contributed by atoms with Gasteiger partial charge in [-0.05, 0) is 65.9 Å². The van der Waals surface area contributed by atoms with Crippen LogP contribution in [0.15, 0.2) is 47.1 Å². The van der Waals surface area contributed by atoms with Crippen LogP contribution in [0.3, 0.4) is 0 Å². The Hall–Kier alpha value is -1.50. The Balaban J connectivity index is 1.91. The van der Waals surface area contributed by atoms with Gasteiger partial charge >= 0.3 is 6.03 Å². The Morgan fingerprint density at radius 3 is 2.61 bits per heavy atom. The van der Waals surface area contributed by atoms with Crippen molar-refractivity contribution in [2.75, 3.05) is 5.32 Å². The van der Waals surface area contributed by atoms with Crippen molar-refractivity contribution in [1.82, 2.24) is 5.32 Å². The van der Waals surface area contributed by atoms with E-state index in [1.54, 1.807) is 12.3 Å². The van der Waals surface area contributed by atoms with Crippen LogP contribution in [-0.2, 0) is 0 Å². The van der Waals surface area contributed by atoms with Crippen LogP contribution in [0.2, 0.25) is 0 Å². The number of nitrogens with one attached hydrogen (secondary N) is 2. The predicted molar refractivity (Wildman–Crippen MR) is 78.4 cm³/mol. The van der Waals surface area contributed by atoms with Crippen molar-refractivity contribution in [2.45, 2.75) is 13.0 Å². The summed E-state index contributed by atoms with van der Waals surface area (Å²) in [6.07, 6.45) is 1.59. The van der Waals surface area contributed by atoms with Gasteiger partial charge in [0.1, 0.15) is 5.76 Å². The Bertz CT molecular complexity index is 508. The maximum absolute atomic E-state index is 11.7. The molecule has 0 fully saturated rings. The summed E-state index contributed by atoms with van der Waals surface area (Å²) < 4.78 is 6.35. The molecule has 4 nitrogen and oxygen atoms in total. The Morgan fingerprint density at radius 1 is 1.28 bits per heavy atom. The van der Waals surface area contributed by atoms with Crippen molar-refractivity contribution in [3.63, 3.8) is 0 Å². The quantitative estimate of drug-likeness (QED) is 0.823. The van der Waals surface area contributed by atoms with E-state index in [0.29, 0.717) is 0 Å². The minimum absolute atomic E-state index is 0.163. The van der Waals surface area contributed by atoms with Gasteiger partial charge in [0, 0.05) is 9.26 Å². The van der Waals surface area contributed by atoms with E-state index in [1.165, 1.54) is 0 Å². The molecule has 0 saturated carbocycles. The van der Waals surface area contributed by atoms with E-state index in [2.05, 4.69) is 33.2 Å². The van der Waals surface area contributed by atoms with Crippen molar-refractivity contribution >= 4 is 34.3 Å². The molecule has 94 valence electrons. The van der Waals surface area contributed by atoms with Crippen molar-refractivity contribution < 1.29 is 9.21 Å². The molecule has 1 heterocycles. The first-order valence-electron chi connectivity index (χ1n) is 5.51. The average molecular weight is 356 g/mol. The van der Waals surface area contributed by atoms with Crippen LogP contribution in [0, 0.1) is 3.57 Å². The van der Waals surface area contributed by atoms with E-state index in [-0.39, 0.29) is 12.1 Å². The molecule has 0 aliphatic heterocycles. The molecule has 1 atom stereocenters. The molecular weight excluding hydrogens is 343 g/mol. The summed E-state index contributed by atoms with van der Waals surface area (Å²) in [6, 6.07) is 10.8. The highest BCUT2D eigenvalue weighted by Gasteiger charge is 2.11. The third kappa shape index (κ3) is 3.49. The molecular formula is C13H13IN2O2. The standard InChI is InChI=1S/C13H13IN2O2/c1-9(12-3-2-8-18-12)15-13(17)16-11-6-4-10(14)5-7-11/h2-9H,1H3,(H2,15,16,17)/t9-/m1/s1. The molecule has 2 rings (SSSR count). The van der Waals surface area contributed by atoms with E-state index in [4.69, 9.17) is 4.42 Å². The lowest BCUT2D eigenvalue weighted by molar-refractivity contribution is 0.247. The smallest absolute Gasteiger partial charge is 0.319 e. The zero-order chi connectivity index (χ0) is 13.0. The second-order valence-electron chi connectivity index (χ2n) is 3.84. The van der Waals surface area contributed by atoms with Crippen LogP contribution < -0.4 is 10.6 Å². The van der Waals surface area contributed by atoms with Crippen molar-refractivity contribution in [1.29, 1.82) is 0 Å². The number of hydrogen-bond donors (Lipinski definition) is 2. The average Bonchev–Trinajstić information content (AvgIpc) is 2.85. The lowest BCUT2D eigenvalue weighted by Gasteiger charge is -2.12. The summed E-state index contributed by atoms with van der Waals surface area (Å²) in [7, 11) is 0. The van der Waals surface area contributed by atoms with E-state index in [9.17, 15) is 4.79 Å². The van der Waals surface area contributed by atoms with Crippen LogP contribution in [0.4, 0.5) is 10.5 Å². The van der Waals surface area contributed by atoms with E-state index >= 15 is 0 Å². The summed E-state index contributed by atoms with van der Waals surface area (Å²) in [5, 5.41) is 5.57. The van der Waals surface area contributed by atoms with Crippen LogP contribution in [0.1, 0.15) is 18.7 Å². The Kier molecular flexibility index (Phi) is 4.24. The lowest BCUT2D eigenvalue weighted by Crippen LogP contribution is -2.30. The van der Waals surface area contributed by atoms with Gasteiger partial charge < -0.3 is 15.1 Å². The monoisotopic (exact) mass is 356 g/mol.